The molecule has 2 heterocycles. The number of halogens is 1. The Morgan fingerprint density at radius 2 is 2.22 bits per heavy atom. The molecule has 0 radical (unpaired) electrons. The molecular weight excluding hydrogens is 319 g/mol. The van der Waals surface area contributed by atoms with Crippen LogP contribution in [0.4, 0.5) is 4.39 Å². The Labute approximate surface area is 137 Å². The maximum atomic E-state index is 13.0. The van der Waals surface area contributed by atoms with Crippen LogP contribution in [0.25, 0.3) is 10.6 Å². The number of nitrogens with zero attached hydrogens (tertiary/aromatic N) is 2. The van der Waals surface area contributed by atoms with Gasteiger partial charge in [0.1, 0.15) is 16.5 Å². The summed E-state index contributed by atoms with van der Waals surface area (Å²) in [6.07, 6.45) is -0.356. The summed E-state index contributed by atoms with van der Waals surface area (Å²) in [5.74, 6) is -0.484. The van der Waals surface area contributed by atoms with Gasteiger partial charge >= 0.3 is 0 Å². The number of hydrogen-bond donors (Lipinski definition) is 1. The Morgan fingerprint density at radius 3 is 2.91 bits per heavy atom. The Balaban J connectivity index is 1.79. The molecule has 1 aromatic carbocycles. The number of amides is 1. The van der Waals surface area contributed by atoms with Crippen molar-refractivity contribution in [2.45, 2.75) is 19.1 Å². The van der Waals surface area contributed by atoms with Crippen LogP contribution in [0.3, 0.4) is 0 Å². The highest BCUT2D eigenvalue weighted by molar-refractivity contribution is 7.13. The first-order valence-corrected chi connectivity index (χ1v) is 8.21. The molecule has 2 atom stereocenters. The lowest BCUT2D eigenvalue weighted by Gasteiger charge is -2.37. The molecule has 122 valence electrons. The van der Waals surface area contributed by atoms with E-state index in [4.69, 9.17) is 4.74 Å². The van der Waals surface area contributed by atoms with E-state index in [-0.39, 0.29) is 30.5 Å². The Bertz CT molecular complexity index is 689. The van der Waals surface area contributed by atoms with Crippen molar-refractivity contribution >= 4 is 17.2 Å². The number of thiazole rings is 1. The summed E-state index contributed by atoms with van der Waals surface area (Å²) in [4.78, 5) is 18.7. The zero-order valence-electron chi connectivity index (χ0n) is 12.6. The van der Waals surface area contributed by atoms with Crippen molar-refractivity contribution in [1.29, 1.82) is 0 Å². The summed E-state index contributed by atoms with van der Waals surface area (Å²) in [5, 5.41) is 11.6. The molecule has 1 aliphatic rings. The first-order valence-electron chi connectivity index (χ1n) is 7.33. The second kappa shape index (κ2) is 6.74. The van der Waals surface area contributed by atoms with Crippen LogP contribution in [0.5, 0.6) is 0 Å². The maximum absolute atomic E-state index is 13.0. The lowest BCUT2D eigenvalue weighted by atomic mass is 10.2. The first kappa shape index (κ1) is 16.0. The lowest BCUT2D eigenvalue weighted by molar-refractivity contribution is -0.0668. The van der Waals surface area contributed by atoms with Crippen molar-refractivity contribution in [3.8, 4) is 10.6 Å². The molecular formula is C16H17FN2O3S. The normalized spacial score (nSPS) is 21.4. The van der Waals surface area contributed by atoms with Crippen LogP contribution >= 0.6 is 11.3 Å². The average Bonchev–Trinajstić information content (AvgIpc) is 3.05. The van der Waals surface area contributed by atoms with Gasteiger partial charge in [-0.25, -0.2) is 9.37 Å². The van der Waals surface area contributed by atoms with E-state index in [1.165, 1.54) is 23.5 Å². The van der Waals surface area contributed by atoms with Gasteiger partial charge in [-0.15, -0.1) is 11.3 Å². The van der Waals surface area contributed by atoms with Gasteiger partial charge in [0.25, 0.3) is 5.91 Å². The monoisotopic (exact) mass is 336 g/mol. The van der Waals surface area contributed by atoms with Crippen molar-refractivity contribution in [3.05, 3.63) is 41.2 Å². The van der Waals surface area contributed by atoms with Crippen LogP contribution in [0, 0.1) is 5.82 Å². The zero-order chi connectivity index (χ0) is 16.4. The predicted octanol–water partition coefficient (Wildman–Crippen LogP) is 2.17. The topological polar surface area (TPSA) is 62.7 Å². The summed E-state index contributed by atoms with van der Waals surface area (Å²) >= 11 is 1.35. The minimum Gasteiger partial charge on any atom is -0.394 e. The third-order valence-electron chi connectivity index (χ3n) is 3.78. The number of carbonyl (C=O) groups is 1. The number of aliphatic hydroxyl groups excluding tert-OH is 1. The highest BCUT2D eigenvalue weighted by atomic mass is 32.1. The molecule has 0 bridgehead atoms. The second-order valence-electron chi connectivity index (χ2n) is 5.49. The van der Waals surface area contributed by atoms with E-state index in [9.17, 15) is 14.3 Å². The smallest absolute Gasteiger partial charge is 0.273 e. The molecule has 2 unspecified atom stereocenters. The zero-order valence-corrected chi connectivity index (χ0v) is 13.4. The third kappa shape index (κ3) is 3.41. The number of benzene rings is 1. The van der Waals surface area contributed by atoms with Crippen molar-refractivity contribution in [2.24, 2.45) is 0 Å². The molecule has 1 amide bonds. The van der Waals surface area contributed by atoms with Gasteiger partial charge < -0.3 is 14.7 Å². The molecule has 1 fully saturated rings. The molecule has 2 aromatic rings. The molecule has 1 N–H and O–H groups in total. The molecule has 5 nitrogen and oxygen atoms in total. The summed E-state index contributed by atoms with van der Waals surface area (Å²) in [5.41, 5.74) is 1.14. The van der Waals surface area contributed by atoms with Crippen LogP contribution in [0.2, 0.25) is 0 Å². The Morgan fingerprint density at radius 1 is 1.48 bits per heavy atom. The number of carbonyl (C=O) groups excluding carboxylic acids is 1. The standard InChI is InChI=1S/C16H17FN2O3S/c1-10-8-22-13(7-20)6-19(10)16(21)14-9-23-15(18-14)11-2-4-12(17)5-3-11/h2-5,9-10,13,20H,6-8H2,1H3. The Hall–Kier alpha value is -1.83. The van der Waals surface area contributed by atoms with Crippen LogP contribution < -0.4 is 0 Å². The molecule has 1 saturated heterocycles. The largest absolute Gasteiger partial charge is 0.394 e. The number of ether oxygens (including phenoxy) is 1. The van der Waals surface area contributed by atoms with E-state index in [1.54, 1.807) is 22.4 Å². The van der Waals surface area contributed by atoms with Gasteiger partial charge in [-0.1, -0.05) is 0 Å². The second-order valence-corrected chi connectivity index (χ2v) is 6.35. The third-order valence-corrected chi connectivity index (χ3v) is 4.68. The summed E-state index contributed by atoms with van der Waals surface area (Å²) < 4.78 is 18.4. The van der Waals surface area contributed by atoms with Crippen LogP contribution in [-0.2, 0) is 4.74 Å². The highest BCUT2D eigenvalue weighted by Gasteiger charge is 2.31. The quantitative estimate of drug-likeness (QED) is 0.933. The van der Waals surface area contributed by atoms with Crippen LogP contribution in [0.1, 0.15) is 17.4 Å². The summed E-state index contributed by atoms with van der Waals surface area (Å²) in [6, 6.07) is 5.95. The molecule has 0 spiro atoms. The minimum absolute atomic E-state index is 0.0683. The minimum atomic E-state index is -0.356. The summed E-state index contributed by atoms with van der Waals surface area (Å²) in [7, 11) is 0. The maximum Gasteiger partial charge on any atom is 0.273 e. The summed E-state index contributed by atoms with van der Waals surface area (Å²) in [6.45, 7) is 2.53. The molecule has 7 heteroatoms. The number of aromatic nitrogens is 1. The van der Waals surface area contributed by atoms with Crippen molar-refractivity contribution in [3.63, 3.8) is 0 Å². The highest BCUT2D eigenvalue weighted by Crippen LogP contribution is 2.25. The lowest BCUT2D eigenvalue weighted by Crippen LogP contribution is -2.52. The fraction of sp³-hybridized carbons (Fsp3) is 0.375. The molecule has 3 rings (SSSR count). The SMILES string of the molecule is CC1COC(CO)CN1C(=O)c1csc(-c2ccc(F)cc2)n1. The van der Waals surface area contributed by atoms with Crippen LogP contribution in [0.15, 0.2) is 29.6 Å². The predicted molar refractivity (Wildman–Crippen MR) is 84.8 cm³/mol. The fourth-order valence-electron chi connectivity index (χ4n) is 2.46. The molecule has 0 aliphatic carbocycles. The van der Waals surface area contributed by atoms with E-state index in [0.29, 0.717) is 23.9 Å². The van der Waals surface area contributed by atoms with E-state index in [1.807, 2.05) is 6.92 Å². The van der Waals surface area contributed by atoms with E-state index in [0.717, 1.165) is 5.56 Å². The van der Waals surface area contributed by atoms with Crippen molar-refractivity contribution < 1.29 is 19.0 Å². The van der Waals surface area contributed by atoms with E-state index in [2.05, 4.69) is 4.98 Å². The van der Waals surface area contributed by atoms with E-state index >= 15 is 0 Å². The van der Waals surface area contributed by atoms with Crippen molar-refractivity contribution in [1.82, 2.24) is 9.88 Å². The fourth-order valence-corrected chi connectivity index (χ4v) is 3.26. The first-order chi connectivity index (χ1) is 11.1. The molecule has 1 aliphatic heterocycles. The molecule has 1 aromatic heterocycles. The number of morpholine rings is 1. The molecule has 0 saturated carbocycles. The van der Waals surface area contributed by atoms with Crippen LogP contribution in [-0.4, -0.2) is 52.8 Å². The van der Waals surface area contributed by atoms with Crippen molar-refractivity contribution in [2.75, 3.05) is 19.8 Å². The van der Waals surface area contributed by atoms with Gasteiger partial charge in [-0.3, -0.25) is 4.79 Å². The van der Waals surface area contributed by atoms with E-state index < -0.39 is 0 Å². The van der Waals surface area contributed by atoms with Gasteiger partial charge in [-0.05, 0) is 31.2 Å². The van der Waals surface area contributed by atoms with Gasteiger partial charge in [0.2, 0.25) is 0 Å². The number of aliphatic hydroxyl groups is 1. The van der Waals surface area contributed by atoms with Gasteiger partial charge in [0, 0.05) is 17.5 Å². The number of rotatable bonds is 3. The van der Waals surface area contributed by atoms with Gasteiger partial charge in [-0.2, -0.15) is 0 Å². The van der Waals surface area contributed by atoms with Gasteiger partial charge in [0.05, 0.1) is 25.4 Å². The average molecular weight is 336 g/mol. The van der Waals surface area contributed by atoms with Gasteiger partial charge in [0.15, 0.2) is 0 Å². The molecule has 23 heavy (non-hydrogen) atoms. The number of hydrogen-bond acceptors (Lipinski definition) is 5. The Kier molecular flexibility index (Phi) is 4.70.